The predicted octanol–water partition coefficient (Wildman–Crippen LogP) is 12.0. The molecule has 0 saturated heterocycles. The van der Waals surface area contributed by atoms with Crippen molar-refractivity contribution in [3.05, 3.63) is 146 Å². The Labute approximate surface area is 252 Å². The molecule has 0 atom stereocenters. The predicted molar refractivity (Wildman–Crippen MR) is 186 cm³/mol. The van der Waals surface area contributed by atoms with Crippen LogP contribution in [-0.4, -0.2) is 4.98 Å². The van der Waals surface area contributed by atoms with Crippen molar-refractivity contribution in [3.63, 3.8) is 0 Å². The van der Waals surface area contributed by atoms with E-state index < -0.39 is 0 Å². The van der Waals surface area contributed by atoms with E-state index in [4.69, 9.17) is 4.42 Å². The lowest BCUT2D eigenvalue weighted by atomic mass is 9.86. The van der Waals surface area contributed by atoms with Crippen LogP contribution in [0.15, 0.2) is 150 Å². The van der Waals surface area contributed by atoms with Gasteiger partial charge >= 0.3 is 0 Å². The maximum atomic E-state index is 6.41. The van der Waals surface area contributed by atoms with Crippen LogP contribution in [0, 0.1) is 0 Å². The smallest absolute Gasteiger partial charge is 0.136 e. The molecule has 2 aromatic heterocycles. The van der Waals surface area contributed by atoms with E-state index in [0.29, 0.717) is 0 Å². The number of nitrogens with one attached hydrogen (secondary N) is 1. The van der Waals surface area contributed by atoms with Crippen molar-refractivity contribution in [2.45, 2.75) is 0 Å². The van der Waals surface area contributed by atoms with Gasteiger partial charge in [0.1, 0.15) is 11.2 Å². The fourth-order valence-corrected chi connectivity index (χ4v) is 7.46. The van der Waals surface area contributed by atoms with Crippen LogP contribution in [0.5, 0.6) is 0 Å². The van der Waals surface area contributed by atoms with Crippen molar-refractivity contribution >= 4 is 76.1 Å². The van der Waals surface area contributed by atoms with Crippen molar-refractivity contribution in [1.82, 2.24) is 4.98 Å². The highest BCUT2D eigenvalue weighted by Crippen LogP contribution is 2.45. The summed E-state index contributed by atoms with van der Waals surface area (Å²) in [5, 5.41) is 12.2. The van der Waals surface area contributed by atoms with Crippen LogP contribution in [0.25, 0.3) is 98.3 Å². The quantitative estimate of drug-likeness (QED) is 0.210. The third kappa shape index (κ3) is 3.25. The number of hydrogen-bond acceptors (Lipinski definition) is 1. The number of aromatic nitrogens is 1. The van der Waals surface area contributed by atoms with Crippen LogP contribution >= 0.6 is 0 Å². The van der Waals surface area contributed by atoms with Crippen LogP contribution in [-0.2, 0) is 0 Å². The number of benzene rings is 8. The van der Waals surface area contributed by atoms with Crippen LogP contribution in [0.2, 0.25) is 0 Å². The van der Waals surface area contributed by atoms with Crippen molar-refractivity contribution in [2.24, 2.45) is 0 Å². The second-order valence-corrected chi connectivity index (χ2v) is 11.7. The first kappa shape index (κ1) is 23.7. The number of fused-ring (bicyclic) bond motifs is 10. The Kier molecular flexibility index (Phi) is 4.75. The summed E-state index contributed by atoms with van der Waals surface area (Å²) in [6.45, 7) is 0. The fraction of sp³-hybridized carbons (Fsp3) is 0. The highest BCUT2D eigenvalue weighted by Gasteiger charge is 2.18. The standard InChI is InChI=1S/C42H25NO/c1-2-11-26(12-3-1)40-30-14-6-8-16-32(30)41(33-17-9-7-15-31(33)40)27-18-20-29-34-24-39-35(23-37(34)43-36(29)22-27)42-28-13-5-4-10-25(28)19-21-38(42)44-39/h1-24,43H. The second-order valence-electron chi connectivity index (χ2n) is 11.7. The van der Waals surface area contributed by atoms with Crippen molar-refractivity contribution in [1.29, 1.82) is 0 Å². The third-order valence-corrected chi connectivity index (χ3v) is 9.36. The molecule has 44 heavy (non-hydrogen) atoms. The monoisotopic (exact) mass is 559 g/mol. The summed E-state index contributed by atoms with van der Waals surface area (Å²) in [4.78, 5) is 3.77. The molecule has 2 nitrogen and oxygen atoms in total. The molecule has 0 radical (unpaired) electrons. The Morgan fingerprint density at radius 3 is 1.70 bits per heavy atom. The minimum atomic E-state index is 0.919. The van der Waals surface area contributed by atoms with Gasteiger partial charge in [0.15, 0.2) is 0 Å². The molecule has 0 aliphatic heterocycles. The number of aromatic amines is 1. The second kappa shape index (κ2) is 8.82. The maximum absolute atomic E-state index is 6.41. The largest absolute Gasteiger partial charge is 0.456 e. The molecule has 1 N–H and O–H groups in total. The molecule has 0 aliphatic rings. The first-order chi connectivity index (χ1) is 21.8. The van der Waals surface area contributed by atoms with Gasteiger partial charge in [-0.2, -0.15) is 0 Å². The molecule has 8 aromatic carbocycles. The fourth-order valence-electron chi connectivity index (χ4n) is 7.46. The average molecular weight is 560 g/mol. The Morgan fingerprint density at radius 1 is 0.364 bits per heavy atom. The highest BCUT2D eigenvalue weighted by molar-refractivity contribution is 6.24. The van der Waals surface area contributed by atoms with E-state index in [1.807, 2.05) is 0 Å². The van der Waals surface area contributed by atoms with Crippen LogP contribution < -0.4 is 0 Å². The topological polar surface area (TPSA) is 28.9 Å². The zero-order valence-corrected chi connectivity index (χ0v) is 23.8. The Hall–Kier alpha value is -5.86. The molecule has 0 aliphatic carbocycles. The average Bonchev–Trinajstić information content (AvgIpc) is 3.63. The summed E-state index contributed by atoms with van der Waals surface area (Å²) < 4.78 is 6.41. The van der Waals surface area contributed by atoms with E-state index in [0.717, 1.165) is 27.6 Å². The minimum Gasteiger partial charge on any atom is -0.456 e. The van der Waals surface area contributed by atoms with E-state index in [2.05, 4.69) is 151 Å². The van der Waals surface area contributed by atoms with Crippen molar-refractivity contribution in [2.75, 3.05) is 0 Å². The van der Waals surface area contributed by atoms with Crippen LogP contribution in [0.3, 0.4) is 0 Å². The van der Waals surface area contributed by atoms with E-state index in [1.165, 1.54) is 70.7 Å². The minimum absolute atomic E-state index is 0.919. The molecule has 204 valence electrons. The number of furan rings is 1. The SMILES string of the molecule is c1ccc(-c2c3ccccc3c(-c3ccc4c(c3)[nH]c3cc5c(cc34)oc3ccc4ccccc4c35)c3ccccc23)cc1. The molecule has 10 rings (SSSR count). The van der Waals surface area contributed by atoms with E-state index in [-0.39, 0.29) is 0 Å². The van der Waals surface area contributed by atoms with Gasteiger partial charge in [0.2, 0.25) is 0 Å². The van der Waals surface area contributed by atoms with E-state index in [9.17, 15) is 0 Å². The molecule has 2 heteroatoms. The zero-order valence-electron chi connectivity index (χ0n) is 23.8. The van der Waals surface area contributed by atoms with Gasteiger partial charge in [0, 0.05) is 32.6 Å². The van der Waals surface area contributed by atoms with Gasteiger partial charge in [0.25, 0.3) is 0 Å². The number of hydrogen-bond donors (Lipinski definition) is 1. The van der Waals surface area contributed by atoms with Gasteiger partial charge < -0.3 is 9.40 Å². The molecule has 0 unspecified atom stereocenters. The summed E-state index contributed by atoms with van der Waals surface area (Å²) >= 11 is 0. The van der Waals surface area contributed by atoms with Crippen LogP contribution in [0.1, 0.15) is 0 Å². The molecule has 2 heterocycles. The Bertz CT molecular complexity index is 2710. The molecule has 0 amide bonds. The van der Waals surface area contributed by atoms with E-state index in [1.54, 1.807) is 0 Å². The molecule has 10 aromatic rings. The number of rotatable bonds is 2. The summed E-state index contributed by atoms with van der Waals surface area (Å²) in [7, 11) is 0. The number of H-pyrrole nitrogens is 1. The maximum Gasteiger partial charge on any atom is 0.136 e. The Balaban J connectivity index is 1.24. The highest BCUT2D eigenvalue weighted by atomic mass is 16.3. The molecule has 0 saturated carbocycles. The Morgan fingerprint density at radius 2 is 0.977 bits per heavy atom. The van der Waals surface area contributed by atoms with Gasteiger partial charge in [0.05, 0.1) is 0 Å². The summed E-state index contributed by atoms with van der Waals surface area (Å²) in [6, 6.07) is 52.5. The lowest BCUT2D eigenvalue weighted by Gasteiger charge is -2.17. The molecule has 0 spiro atoms. The summed E-state index contributed by atoms with van der Waals surface area (Å²) in [6.07, 6.45) is 0. The molecule has 0 bridgehead atoms. The zero-order chi connectivity index (χ0) is 28.8. The lowest BCUT2D eigenvalue weighted by Crippen LogP contribution is -1.90. The summed E-state index contributed by atoms with van der Waals surface area (Å²) in [5.41, 5.74) is 9.09. The lowest BCUT2D eigenvalue weighted by molar-refractivity contribution is 0.670. The summed E-state index contributed by atoms with van der Waals surface area (Å²) in [5.74, 6) is 0. The van der Waals surface area contributed by atoms with Crippen molar-refractivity contribution < 1.29 is 4.42 Å². The van der Waals surface area contributed by atoms with Gasteiger partial charge in [-0.25, -0.2) is 0 Å². The van der Waals surface area contributed by atoms with Gasteiger partial charge in [-0.1, -0.05) is 121 Å². The first-order valence-corrected chi connectivity index (χ1v) is 15.1. The molecular weight excluding hydrogens is 534 g/mol. The first-order valence-electron chi connectivity index (χ1n) is 15.1. The van der Waals surface area contributed by atoms with Gasteiger partial charge in [-0.3, -0.25) is 0 Å². The third-order valence-electron chi connectivity index (χ3n) is 9.36. The molecule has 0 fully saturated rings. The normalized spacial score (nSPS) is 12.1. The molecular formula is C42H25NO. The van der Waals surface area contributed by atoms with Crippen LogP contribution in [0.4, 0.5) is 0 Å². The van der Waals surface area contributed by atoms with E-state index >= 15 is 0 Å². The van der Waals surface area contributed by atoms with Gasteiger partial charge in [-0.05, 0) is 78.8 Å². The van der Waals surface area contributed by atoms with Gasteiger partial charge in [-0.15, -0.1) is 0 Å². The van der Waals surface area contributed by atoms with Crippen molar-refractivity contribution in [3.8, 4) is 22.3 Å².